The maximum atomic E-state index is 12.9. The lowest BCUT2D eigenvalue weighted by molar-refractivity contribution is 0.0710. The summed E-state index contributed by atoms with van der Waals surface area (Å²) >= 11 is 0. The molecular weight excluding hydrogens is 425 g/mol. The van der Waals surface area contributed by atoms with E-state index in [0.29, 0.717) is 24.4 Å². The van der Waals surface area contributed by atoms with Crippen LogP contribution in [0, 0.1) is 12.3 Å². The van der Waals surface area contributed by atoms with Crippen LogP contribution in [-0.2, 0) is 29.6 Å². The van der Waals surface area contributed by atoms with Gasteiger partial charge in [0.05, 0.1) is 32.8 Å². The van der Waals surface area contributed by atoms with E-state index in [0.717, 1.165) is 5.57 Å². The number of nitrogens with zero attached hydrogens (tertiary/aromatic N) is 3. The van der Waals surface area contributed by atoms with Crippen molar-refractivity contribution in [1.82, 2.24) is 19.5 Å². The van der Waals surface area contributed by atoms with Crippen molar-refractivity contribution in [2.24, 2.45) is 0 Å². The first-order valence-corrected chi connectivity index (χ1v) is 11.2. The molecule has 0 aliphatic carbocycles. The number of imidazole rings is 1. The molecule has 2 atom stereocenters. The largest absolute Gasteiger partial charge is 0.489 e. The average molecular weight is 449 g/mol. The molecule has 0 saturated carbocycles. The Balaban J connectivity index is 1.56. The van der Waals surface area contributed by atoms with Gasteiger partial charge in [0, 0.05) is 13.0 Å². The van der Waals surface area contributed by atoms with Crippen molar-refractivity contribution in [1.29, 1.82) is 0 Å². The molecule has 1 fully saturated rings. The maximum absolute atomic E-state index is 12.9. The molecule has 0 bridgehead atoms. The van der Waals surface area contributed by atoms with Crippen LogP contribution in [0.5, 0.6) is 0 Å². The number of aromatic nitrogens is 4. The number of hydrogen-bond acceptors (Lipinski definition) is 9. The molecule has 31 heavy (non-hydrogen) atoms. The number of H-pyrrole nitrogens is 1. The number of allylic oxidation sites excluding steroid dienone is 3. The highest BCUT2D eigenvalue weighted by atomic mass is 31.2. The summed E-state index contributed by atoms with van der Waals surface area (Å²) in [5, 5.41) is 0. The zero-order chi connectivity index (χ0) is 22.4. The van der Waals surface area contributed by atoms with Crippen LogP contribution in [0.25, 0.3) is 11.2 Å². The van der Waals surface area contributed by atoms with Crippen LogP contribution in [0.2, 0.25) is 0 Å². The van der Waals surface area contributed by atoms with Gasteiger partial charge >= 0.3 is 7.60 Å². The maximum Gasteiger partial charge on any atom is 0.356 e. The molecule has 12 heteroatoms. The second kappa shape index (κ2) is 9.94. The number of aromatic amines is 1. The van der Waals surface area contributed by atoms with Gasteiger partial charge in [-0.15, -0.1) is 6.42 Å². The number of rotatable bonds is 8. The fourth-order valence-corrected chi connectivity index (χ4v) is 4.51. The molecule has 166 valence electrons. The predicted molar refractivity (Wildman–Crippen MR) is 114 cm³/mol. The third-order valence-corrected chi connectivity index (χ3v) is 6.19. The fourth-order valence-electron chi connectivity index (χ4n) is 2.92. The molecule has 0 radical (unpaired) electrons. The number of fused-ring (bicyclic) bond motifs is 1. The molecular formula is C19H24N5O6P. The normalized spacial score (nSPS) is 22.4. The first-order valence-electron chi connectivity index (χ1n) is 9.44. The molecule has 3 rings (SSSR count). The molecule has 0 spiro atoms. The number of anilines is 1. The number of nitrogen functional groups attached to an aromatic ring is 1. The summed E-state index contributed by atoms with van der Waals surface area (Å²) in [7, 11) is -1.94. The van der Waals surface area contributed by atoms with Gasteiger partial charge in [-0.25, -0.2) is 4.98 Å². The summed E-state index contributed by atoms with van der Waals surface area (Å²) in [5.41, 5.74) is 6.53. The minimum absolute atomic E-state index is 0.00205. The quantitative estimate of drug-likeness (QED) is 0.203. The second-order valence-corrected chi connectivity index (χ2v) is 8.66. The van der Waals surface area contributed by atoms with E-state index >= 15 is 0 Å². The van der Waals surface area contributed by atoms with Gasteiger partial charge in [-0.05, 0) is 24.5 Å². The third kappa shape index (κ3) is 5.62. The van der Waals surface area contributed by atoms with Gasteiger partial charge in [-0.1, -0.05) is 6.08 Å². The molecule has 1 aliphatic rings. The van der Waals surface area contributed by atoms with Crippen molar-refractivity contribution >= 4 is 24.7 Å². The van der Waals surface area contributed by atoms with E-state index in [1.54, 1.807) is 16.7 Å². The van der Waals surface area contributed by atoms with Crippen LogP contribution < -0.4 is 11.3 Å². The van der Waals surface area contributed by atoms with Crippen molar-refractivity contribution < 1.29 is 23.1 Å². The van der Waals surface area contributed by atoms with Gasteiger partial charge in [-0.2, -0.15) is 4.98 Å². The smallest absolute Gasteiger partial charge is 0.356 e. The van der Waals surface area contributed by atoms with Gasteiger partial charge < -0.3 is 24.3 Å². The summed E-state index contributed by atoms with van der Waals surface area (Å²) in [6.07, 6.45) is 10.2. The minimum Gasteiger partial charge on any atom is -0.489 e. The Kier molecular flexibility index (Phi) is 7.30. The Bertz CT molecular complexity index is 1140. The Morgan fingerprint density at radius 1 is 1.55 bits per heavy atom. The van der Waals surface area contributed by atoms with Gasteiger partial charge in [0.25, 0.3) is 5.56 Å². The number of terminal acetylenes is 1. The number of methoxy groups -OCH3 is 1. The van der Waals surface area contributed by atoms with E-state index in [9.17, 15) is 9.36 Å². The highest BCUT2D eigenvalue weighted by molar-refractivity contribution is 7.53. The molecule has 3 heterocycles. The monoisotopic (exact) mass is 449 g/mol. The third-order valence-electron chi connectivity index (χ3n) is 4.54. The first-order chi connectivity index (χ1) is 14.8. The summed E-state index contributed by atoms with van der Waals surface area (Å²) < 4.78 is 36.1. The SMILES string of the molecule is C#C/C(=C\C=C(/C)C1CCOP(=O)(COCCn2cnc3c(=O)[nH]c(N)nc32)O1)OC. The van der Waals surface area contributed by atoms with E-state index in [-0.39, 0.29) is 37.1 Å². The molecule has 0 amide bonds. The Morgan fingerprint density at radius 3 is 3.10 bits per heavy atom. The lowest BCUT2D eigenvalue weighted by atomic mass is 10.1. The Labute approximate surface area is 178 Å². The lowest BCUT2D eigenvalue weighted by Gasteiger charge is -2.30. The number of nitrogens with one attached hydrogen (secondary N) is 1. The van der Waals surface area contributed by atoms with Gasteiger partial charge in [0.1, 0.15) is 6.35 Å². The first kappa shape index (κ1) is 22.8. The van der Waals surface area contributed by atoms with Gasteiger partial charge in [-0.3, -0.25) is 18.9 Å². The molecule has 1 aliphatic heterocycles. The van der Waals surface area contributed by atoms with Crippen molar-refractivity contribution in [3.8, 4) is 12.3 Å². The molecule has 3 N–H and O–H groups in total. The van der Waals surface area contributed by atoms with Crippen LogP contribution >= 0.6 is 7.60 Å². The number of ether oxygens (including phenoxy) is 2. The van der Waals surface area contributed by atoms with Crippen LogP contribution in [0.3, 0.4) is 0 Å². The Hall–Kier alpha value is -2.90. The summed E-state index contributed by atoms with van der Waals surface area (Å²) in [6, 6.07) is 0. The summed E-state index contributed by atoms with van der Waals surface area (Å²) in [6.45, 7) is 2.64. The Morgan fingerprint density at radius 2 is 2.35 bits per heavy atom. The number of nitrogens with two attached hydrogens (primary N) is 1. The van der Waals surface area contributed by atoms with Crippen LogP contribution in [-0.4, -0.2) is 52.3 Å². The average Bonchev–Trinajstić information content (AvgIpc) is 3.15. The highest BCUT2D eigenvalue weighted by Crippen LogP contribution is 2.53. The number of hydrogen-bond donors (Lipinski definition) is 2. The summed E-state index contributed by atoms with van der Waals surface area (Å²) in [5.74, 6) is 2.78. The lowest BCUT2D eigenvalue weighted by Crippen LogP contribution is -2.23. The van der Waals surface area contributed by atoms with Crippen molar-refractivity contribution in [3.05, 3.63) is 40.2 Å². The molecule has 2 aromatic rings. The van der Waals surface area contributed by atoms with Gasteiger partial charge in [0.2, 0.25) is 5.95 Å². The second-order valence-electron chi connectivity index (χ2n) is 6.72. The molecule has 2 aromatic heterocycles. The van der Waals surface area contributed by atoms with Crippen LogP contribution in [0.4, 0.5) is 5.95 Å². The van der Waals surface area contributed by atoms with E-state index < -0.39 is 13.2 Å². The van der Waals surface area contributed by atoms with Gasteiger partial charge in [0.15, 0.2) is 16.9 Å². The molecule has 1 saturated heterocycles. The minimum atomic E-state index is -3.43. The van der Waals surface area contributed by atoms with Crippen molar-refractivity contribution in [3.63, 3.8) is 0 Å². The van der Waals surface area contributed by atoms with E-state index in [1.165, 1.54) is 13.4 Å². The molecule has 2 unspecified atom stereocenters. The predicted octanol–water partition coefficient (Wildman–Crippen LogP) is 1.78. The van der Waals surface area contributed by atoms with E-state index in [1.807, 2.05) is 6.92 Å². The zero-order valence-corrected chi connectivity index (χ0v) is 18.1. The van der Waals surface area contributed by atoms with Crippen molar-refractivity contribution in [2.75, 3.05) is 32.4 Å². The van der Waals surface area contributed by atoms with E-state index in [2.05, 4.69) is 20.9 Å². The van der Waals surface area contributed by atoms with Crippen LogP contribution in [0.15, 0.2) is 34.6 Å². The topological polar surface area (TPSA) is 144 Å². The standard InChI is InChI=1S/C19H24N5O6P/c1-4-14(27-3)6-5-13(2)15-7-9-29-31(26,30-15)12-28-10-8-24-11-21-16-17(24)22-19(20)23-18(16)25/h1,5-6,11,15H,7-10,12H2,2-3H3,(H3,20,22,23,25)/b13-5+,14-6+. The van der Waals surface area contributed by atoms with Crippen molar-refractivity contribution in [2.45, 2.75) is 26.0 Å². The highest BCUT2D eigenvalue weighted by Gasteiger charge is 2.34. The fraction of sp³-hybridized carbons (Fsp3) is 0.421. The van der Waals surface area contributed by atoms with E-state index in [4.69, 9.17) is 30.7 Å². The van der Waals surface area contributed by atoms with Crippen LogP contribution in [0.1, 0.15) is 13.3 Å². The molecule has 11 nitrogen and oxygen atoms in total. The molecule has 0 aromatic carbocycles. The zero-order valence-electron chi connectivity index (χ0n) is 17.2. The summed E-state index contributed by atoms with van der Waals surface area (Å²) in [4.78, 5) is 22.3.